The van der Waals surface area contributed by atoms with Crippen molar-refractivity contribution in [1.82, 2.24) is 14.5 Å². The summed E-state index contributed by atoms with van der Waals surface area (Å²) >= 11 is 2.69. The molecule has 1 amide bonds. The maximum atomic E-state index is 12.8. The van der Waals surface area contributed by atoms with Crippen molar-refractivity contribution >= 4 is 49.8 Å². The molecule has 1 atom stereocenters. The molecule has 0 aliphatic carbocycles. The number of amides is 1. The molecule has 3 rings (SSSR count). The molecule has 1 aliphatic rings. The standard InChI is InChI=1S/C17H23N5O4S3/c1-3-18-16-20-21-17(28-16)27-12(2)15(23)19-13-5-4-6-14(11-13)29(24,25)22-7-9-26-10-8-22/h4-6,11-12H,3,7-10H2,1-2H3,(H,18,20)(H,19,23). The van der Waals surface area contributed by atoms with E-state index < -0.39 is 15.3 Å². The highest BCUT2D eigenvalue weighted by Gasteiger charge is 2.26. The molecule has 1 aliphatic heterocycles. The predicted molar refractivity (Wildman–Crippen MR) is 114 cm³/mol. The number of aromatic nitrogens is 2. The summed E-state index contributed by atoms with van der Waals surface area (Å²) in [7, 11) is -3.62. The van der Waals surface area contributed by atoms with Gasteiger partial charge in [0.2, 0.25) is 21.1 Å². The highest BCUT2D eigenvalue weighted by molar-refractivity contribution is 8.02. The predicted octanol–water partition coefficient (Wildman–Crippen LogP) is 2.11. The third-order valence-electron chi connectivity index (χ3n) is 4.09. The third-order valence-corrected chi connectivity index (χ3v) is 8.05. The second kappa shape index (κ2) is 9.85. The number of carbonyl (C=O) groups excluding carboxylic acids is 1. The summed E-state index contributed by atoms with van der Waals surface area (Å²) in [6.45, 7) is 5.89. The Morgan fingerprint density at radius 1 is 1.34 bits per heavy atom. The Morgan fingerprint density at radius 2 is 2.10 bits per heavy atom. The molecule has 9 nitrogen and oxygen atoms in total. The van der Waals surface area contributed by atoms with Crippen molar-refractivity contribution < 1.29 is 17.9 Å². The highest BCUT2D eigenvalue weighted by atomic mass is 32.2. The minimum atomic E-state index is -3.62. The lowest BCUT2D eigenvalue weighted by Gasteiger charge is -2.26. The summed E-state index contributed by atoms with van der Waals surface area (Å²) in [5.41, 5.74) is 0.433. The van der Waals surface area contributed by atoms with Gasteiger partial charge in [0.1, 0.15) is 0 Å². The highest BCUT2D eigenvalue weighted by Crippen LogP contribution is 2.29. The van der Waals surface area contributed by atoms with E-state index in [4.69, 9.17) is 4.74 Å². The molecule has 1 fully saturated rings. The van der Waals surface area contributed by atoms with Gasteiger partial charge in [-0.1, -0.05) is 29.2 Å². The maximum Gasteiger partial charge on any atom is 0.243 e. The van der Waals surface area contributed by atoms with Crippen LogP contribution in [0.25, 0.3) is 0 Å². The normalized spacial score (nSPS) is 16.3. The lowest BCUT2D eigenvalue weighted by atomic mass is 10.3. The van der Waals surface area contributed by atoms with Gasteiger partial charge in [-0.3, -0.25) is 4.79 Å². The van der Waals surface area contributed by atoms with Crippen molar-refractivity contribution in [1.29, 1.82) is 0 Å². The molecule has 158 valence electrons. The largest absolute Gasteiger partial charge is 0.379 e. The van der Waals surface area contributed by atoms with Gasteiger partial charge in [-0.15, -0.1) is 10.2 Å². The number of sulfonamides is 1. The van der Waals surface area contributed by atoms with E-state index in [1.54, 1.807) is 19.1 Å². The first kappa shape index (κ1) is 22.0. The Bertz CT molecular complexity index is 944. The minimum Gasteiger partial charge on any atom is -0.379 e. The van der Waals surface area contributed by atoms with Crippen molar-refractivity contribution in [2.45, 2.75) is 28.3 Å². The lowest BCUT2D eigenvalue weighted by molar-refractivity contribution is -0.115. The zero-order valence-corrected chi connectivity index (χ0v) is 18.6. The van der Waals surface area contributed by atoms with Gasteiger partial charge in [-0.05, 0) is 32.0 Å². The van der Waals surface area contributed by atoms with Gasteiger partial charge >= 0.3 is 0 Å². The van der Waals surface area contributed by atoms with Crippen LogP contribution < -0.4 is 10.6 Å². The monoisotopic (exact) mass is 457 g/mol. The van der Waals surface area contributed by atoms with Gasteiger partial charge in [0.05, 0.1) is 23.4 Å². The number of morpholine rings is 1. The summed E-state index contributed by atoms with van der Waals surface area (Å²) in [6.07, 6.45) is 0. The molecule has 1 saturated heterocycles. The number of thioether (sulfide) groups is 1. The molecule has 0 bridgehead atoms. The van der Waals surface area contributed by atoms with E-state index >= 15 is 0 Å². The van der Waals surface area contributed by atoms with Crippen LogP contribution in [0.5, 0.6) is 0 Å². The molecular formula is C17H23N5O4S3. The molecule has 1 aromatic carbocycles. The first-order chi connectivity index (χ1) is 13.9. The van der Waals surface area contributed by atoms with E-state index in [-0.39, 0.29) is 10.8 Å². The summed E-state index contributed by atoms with van der Waals surface area (Å²) in [4.78, 5) is 12.7. The van der Waals surface area contributed by atoms with E-state index in [0.29, 0.717) is 41.5 Å². The van der Waals surface area contributed by atoms with Crippen molar-refractivity contribution in [3.63, 3.8) is 0 Å². The van der Waals surface area contributed by atoms with E-state index in [1.165, 1.54) is 39.5 Å². The molecule has 0 saturated carbocycles. The number of carbonyl (C=O) groups is 1. The van der Waals surface area contributed by atoms with Crippen molar-refractivity contribution in [3.8, 4) is 0 Å². The van der Waals surface area contributed by atoms with Crippen molar-refractivity contribution in [2.75, 3.05) is 43.5 Å². The fraction of sp³-hybridized carbons (Fsp3) is 0.471. The van der Waals surface area contributed by atoms with Crippen LogP contribution in [0.15, 0.2) is 33.5 Å². The summed E-state index contributed by atoms with van der Waals surface area (Å²) in [6, 6.07) is 6.30. The molecule has 12 heteroatoms. The first-order valence-corrected chi connectivity index (χ1v) is 12.3. The number of anilines is 2. The van der Waals surface area contributed by atoms with Crippen LogP contribution in [0.3, 0.4) is 0 Å². The average molecular weight is 458 g/mol. The summed E-state index contributed by atoms with van der Waals surface area (Å²) < 4.78 is 32.9. The quantitative estimate of drug-likeness (QED) is 0.580. The Balaban J connectivity index is 1.64. The SMILES string of the molecule is CCNc1nnc(SC(C)C(=O)Nc2cccc(S(=O)(=O)N3CCOCC3)c2)s1. The van der Waals surface area contributed by atoms with Crippen LogP contribution in [0, 0.1) is 0 Å². The zero-order chi connectivity index (χ0) is 20.9. The Hall–Kier alpha value is -1.73. The number of hydrogen-bond acceptors (Lipinski definition) is 9. The van der Waals surface area contributed by atoms with Gasteiger partial charge in [0.15, 0.2) is 4.34 Å². The van der Waals surface area contributed by atoms with E-state index in [0.717, 1.165) is 6.54 Å². The molecule has 29 heavy (non-hydrogen) atoms. The number of nitrogens with one attached hydrogen (secondary N) is 2. The van der Waals surface area contributed by atoms with Gasteiger partial charge in [-0.2, -0.15) is 4.31 Å². The van der Waals surface area contributed by atoms with Gasteiger partial charge < -0.3 is 15.4 Å². The summed E-state index contributed by atoms with van der Waals surface area (Å²) in [5, 5.41) is 14.2. The molecule has 0 spiro atoms. The minimum absolute atomic E-state index is 0.150. The maximum absolute atomic E-state index is 12.8. The molecule has 2 heterocycles. The van der Waals surface area contributed by atoms with E-state index in [2.05, 4.69) is 20.8 Å². The van der Waals surface area contributed by atoms with Crippen molar-refractivity contribution in [3.05, 3.63) is 24.3 Å². The smallest absolute Gasteiger partial charge is 0.243 e. The lowest BCUT2D eigenvalue weighted by Crippen LogP contribution is -2.40. The van der Waals surface area contributed by atoms with Crippen molar-refractivity contribution in [2.24, 2.45) is 0 Å². The molecule has 1 unspecified atom stereocenters. The molecule has 2 aromatic rings. The molecule has 2 N–H and O–H groups in total. The summed E-state index contributed by atoms with van der Waals surface area (Å²) in [5.74, 6) is -0.240. The number of rotatable bonds is 8. The fourth-order valence-electron chi connectivity index (χ4n) is 2.60. The molecular weight excluding hydrogens is 434 g/mol. The molecule has 0 radical (unpaired) electrons. The van der Waals surface area contributed by atoms with Crippen LogP contribution in [-0.4, -0.2) is 66.9 Å². The van der Waals surface area contributed by atoms with Crippen LogP contribution in [0.2, 0.25) is 0 Å². The average Bonchev–Trinajstić information content (AvgIpc) is 3.16. The fourth-order valence-corrected chi connectivity index (χ4v) is 6.02. The van der Waals surface area contributed by atoms with Gasteiger partial charge in [-0.25, -0.2) is 8.42 Å². The Morgan fingerprint density at radius 3 is 2.83 bits per heavy atom. The topological polar surface area (TPSA) is 114 Å². The first-order valence-electron chi connectivity index (χ1n) is 9.13. The van der Waals surface area contributed by atoms with Gasteiger partial charge in [0.25, 0.3) is 0 Å². The van der Waals surface area contributed by atoms with E-state index in [9.17, 15) is 13.2 Å². The van der Waals surface area contributed by atoms with E-state index in [1.807, 2.05) is 6.92 Å². The Labute approximate surface area is 178 Å². The van der Waals surface area contributed by atoms with Crippen LogP contribution in [-0.2, 0) is 19.6 Å². The number of hydrogen-bond donors (Lipinski definition) is 2. The Kier molecular flexibility index (Phi) is 7.46. The second-order valence-electron chi connectivity index (χ2n) is 6.20. The van der Waals surface area contributed by atoms with Crippen LogP contribution >= 0.6 is 23.1 Å². The number of ether oxygens (including phenoxy) is 1. The van der Waals surface area contributed by atoms with Gasteiger partial charge in [0, 0.05) is 25.3 Å². The number of benzene rings is 1. The second-order valence-corrected chi connectivity index (χ2v) is 10.7. The zero-order valence-electron chi connectivity index (χ0n) is 16.1. The third kappa shape index (κ3) is 5.66. The molecule has 1 aromatic heterocycles. The van der Waals surface area contributed by atoms with Crippen LogP contribution in [0.4, 0.5) is 10.8 Å². The number of nitrogens with zero attached hydrogens (tertiary/aromatic N) is 3. The van der Waals surface area contributed by atoms with Crippen LogP contribution in [0.1, 0.15) is 13.8 Å².